The van der Waals surface area contributed by atoms with Gasteiger partial charge in [-0.25, -0.2) is 9.29 Å². The van der Waals surface area contributed by atoms with Crippen LogP contribution in [0.4, 0.5) is 10.1 Å². The molecule has 7 rings (SSSR count). The molecule has 0 radical (unpaired) electrons. The highest BCUT2D eigenvalue weighted by Crippen LogP contribution is 2.64. The third-order valence-electron chi connectivity index (χ3n) is 10.6. The summed E-state index contributed by atoms with van der Waals surface area (Å²) in [5.41, 5.74) is 0.725. The van der Waals surface area contributed by atoms with Gasteiger partial charge in [0.25, 0.3) is 0 Å². The molecule has 9 nitrogen and oxygen atoms in total. The van der Waals surface area contributed by atoms with Crippen molar-refractivity contribution in [2.24, 2.45) is 29.1 Å². The van der Waals surface area contributed by atoms with Crippen LogP contribution < -0.4 is 9.64 Å². The van der Waals surface area contributed by atoms with Crippen LogP contribution in [0.5, 0.6) is 17.2 Å². The number of hydrogen-bond donors (Lipinski definition) is 2. The number of imide groups is 2. The second-order valence-electron chi connectivity index (χ2n) is 12.9. The minimum absolute atomic E-state index is 0.120. The molecule has 0 aromatic heterocycles. The van der Waals surface area contributed by atoms with E-state index in [1.54, 1.807) is 43.3 Å². The van der Waals surface area contributed by atoms with E-state index in [9.17, 15) is 33.8 Å². The van der Waals surface area contributed by atoms with Crippen molar-refractivity contribution in [3.05, 3.63) is 94.3 Å². The molecule has 1 saturated carbocycles. The monoisotopic (exact) mass is 658 g/mol. The molecule has 0 bridgehead atoms. The standard InChI is InChI=1S/C36H32ClFN2O7/c1-36-26(33(44)40(35(36)46)19-5-12-28(38)27(37)15-19)17-25-22(31(36)23-9-8-21(47-2)16-29(23)42)10-11-24-30(25)34(45)39(32(24)43)14-13-18-3-6-20(41)7-4-18/h3-10,12,15-16,24-26,30-31,41-42H,11,13-14,17H2,1-2H3. The molecular weight excluding hydrogens is 627 g/mol. The number of likely N-dealkylation sites (tertiary alicyclic amines) is 1. The molecule has 4 amide bonds. The minimum atomic E-state index is -1.39. The Hall–Kier alpha value is -4.70. The lowest BCUT2D eigenvalue weighted by molar-refractivity contribution is -0.140. The number of phenols is 2. The molecule has 2 saturated heterocycles. The zero-order chi connectivity index (χ0) is 33.4. The van der Waals surface area contributed by atoms with E-state index in [1.165, 1.54) is 30.2 Å². The summed E-state index contributed by atoms with van der Waals surface area (Å²) in [7, 11) is 1.47. The quantitative estimate of drug-likeness (QED) is 0.270. The van der Waals surface area contributed by atoms with Crippen LogP contribution in [0.15, 0.2) is 72.3 Å². The number of halogens is 2. The fourth-order valence-electron chi connectivity index (χ4n) is 8.31. The number of amides is 4. The smallest absolute Gasteiger partial charge is 0.241 e. The van der Waals surface area contributed by atoms with E-state index >= 15 is 0 Å². The van der Waals surface area contributed by atoms with Crippen LogP contribution in [0, 0.1) is 34.9 Å². The van der Waals surface area contributed by atoms with Gasteiger partial charge < -0.3 is 14.9 Å². The highest BCUT2D eigenvalue weighted by molar-refractivity contribution is 6.31. The number of nitrogens with zero attached hydrogens (tertiary/aromatic N) is 2. The lowest BCUT2D eigenvalue weighted by atomic mass is 9.51. The van der Waals surface area contributed by atoms with E-state index in [2.05, 4.69) is 0 Å². The normalized spacial score (nSPS) is 28.3. The second-order valence-corrected chi connectivity index (χ2v) is 13.3. The first-order valence-electron chi connectivity index (χ1n) is 15.5. The Morgan fingerprint density at radius 1 is 0.957 bits per heavy atom. The van der Waals surface area contributed by atoms with Gasteiger partial charge in [0.15, 0.2) is 0 Å². The van der Waals surface area contributed by atoms with Crippen molar-refractivity contribution in [3.8, 4) is 17.2 Å². The molecule has 3 aromatic carbocycles. The number of carbonyl (C=O) groups excluding carboxylic acids is 4. The van der Waals surface area contributed by atoms with Crippen LogP contribution >= 0.6 is 11.6 Å². The number of phenolic OH excluding ortho intramolecular Hbond substituents is 2. The van der Waals surface area contributed by atoms with Crippen molar-refractivity contribution in [3.63, 3.8) is 0 Å². The molecule has 4 aliphatic rings. The molecule has 3 fully saturated rings. The van der Waals surface area contributed by atoms with Crippen molar-refractivity contribution in [1.82, 2.24) is 4.90 Å². The van der Waals surface area contributed by atoms with Gasteiger partial charge in [-0.3, -0.25) is 24.1 Å². The van der Waals surface area contributed by atoms with Gasteiger partial charge in [0.2, 0.25) is 23.6 Å². The maximum Gasteiger partial charge on any atom is 0.241 e. The molecule has 3 aromatic rings. The summed E-state index contributed by atoms with van der Waals surface area (Å²) in [5.74, 6) is -5.60. The van der Waals surface area contributed by atoms with E-state index in [1.807, 2.05) is 6.08 Å². The van der Waals surface area contributed by atoms with E-state index in [0.29, 0.717) is 17.7 Å². The molecule has 6 unspecified atom stereocenters. The number of benzene rings is 3. The first kappa shape index (κ1) is 30.9. The summed E-state index contributed by atoms with van der Waals surface area (Å²) >= 11 is 6.06. The van der Waals surface area contributed by atoms with Crippen LogP contribution in [-0.4, -0.2) is 52.4 Å². The molecule has 11 heteroatoms. The Kier molecular flexibility index (Phi) is 7.39. The van der Waals surface area contributed by atoms with Crippen molar-refractivity contribution in [2.45, 2.75) is 32.1 Å². The Morgan fingerprint density at radius 2 is 1.70 bits per heavy atom. The molecule has 47 heavy (non-hydrogen) atoms. The van der Waals surface area contributed by atoms with Crippen LogP contribution in [0.2, 0.25) is 5.02 Å². The predicted octanol–water partition coefficient (Wildman–Crippen LogP) is 5.37. The Balaban J connectivity index is 1.30. The van der Waals surface area contributed by atoms with E-state index in [0.717, 1.165) is 22.1 Å². The van der Waals surface area contributed by atoms with Gasteiger partial charge in [-0.2, -0.15) is 0 Å². The molecule has 2 N–H and O–H groups in total. The van der Waals surface area contributed by atoms with Crippen LogP contribution in [0.3, 0.4) is 0 Å². The number of anilines is 1. The van der Waals surface area contributed by atoms with Crippen LogP contribution in [0.25, 0.3) is 0 Å². The van der Waals surface area contributed by atoms with E-state index in [4.69, 9.17) is 16.3 Å². The third-order valence-corrected chi connectivity index (χ3v) is 10.9. The molecule has 2 heterocycles. The number of carbonyl (C=O) groups is 4. The number of methoxy groups -OCH3 is 1. The first-order chi connectivity index (χ1) is 22.4. The predicted molar refractivity (Wildman–Crippen MR) is 169 cm³/mol. The van der Waals surface area contributed by atoms with Gasteiger partial charge in [-0.15, -0.1) is 0 Å². The number of fused-ring (bicyclic) bond motifs is 4. The van der Waals surface area contributed by atoms with E-state index < -0.39 is 52.6 Å². The zero-order valence-electron chi connectivity index (χ0n) is 25.7. The maximum atomic E-state index is 14.5. The Morgan fingerprint density at radius 3 is 2.38 bits per heavy atom. The fourth-order valence-corrected chi connectivity index (χ4v) is 8.49. The largest absolute Gasteiger partial charge is 0.508 e. The zero-order valence-corrected chi connectivity index (χ0v) is 26.4. The third kappa shape index (κ3) is 4.64. The van der Waals surface area contributed by atoms with Crippen molar-refractivity contribution in [1.29, 1.82) is 0 Å². The van der Waals surface area contributed by atoms with Gasteiger partial charge in [0, 0.05) is 24.1 Å². The summed E-state index contributed by atoms with van der Waals surface area (Å²) in [5, 5.41) is 20.7. The minimum Gasteiger partial charge on any atom is -0.508 e. The van der Waals surface area contributed by atoms with Crippen molar-refractivity contribution in [2.75, 3.05) is 18.6 Å². The van der Waals surface area contributed by atoms with Gasteiger partial charge >= 0.3 is 0 Å². The first-order valence-corrected chi connectivity index (χ1v) is 15.9. The molecule has 6 atom stereocenters. The molecule has 2 aliphatic carbocycles. The Labute approximate surface area is 275 Å². The number of ether oxygens (including phenoxy) is 1. The van der Waals surface area contributed by atoms with E-state index in [-0.39, 0.29) is 53.4 Å². The summed E-state index contributed by atoms with van der Waals surface area (Å²) in [6.07, 6.45) is 2.72. The molecule has 242 valence electrons. The number of rotatable bonds is 6. The average molecular weight is 659 g/mol. The maximum absolute atomic E-state index is 14.5. The highest BCUT2D eigenvalue weighted by atomic mass is 35.5. The fraction of sp³-hybridized carbons (Fsp3) is 0.333. The van der Waals surface area contributed by atoms with Crippen LogP contribution in [-0.2, 0) is 25.6 Å². The number of hydrogen-bond acceptors (Lipinski definition) is 7. The Bertz CT molecular complexity index is 1880. The van der Waals surface area contributed by atoms with Gasteiger partial charge in [-0.1, -0.05) is 41.4 Å². The number of allylic oxidation sites excluding steroid dienone is 2. The van der Waals surface area contributed by atoms with Crippen LogP contribution in [0.1, 0.15) is 36.8 Å². The molecular formula is C36H32ClFN2O7. The lowest BCUT2D eigenvalue weighted by Crippen LogP contribution is -2.48. The molecule has 2 aliphatic heterocycles. The number of aromatic hydroxyl groups is 2. The van der Waals surface area contributed by atoms with Crippen molar-refractivity contribution >= 4 is 40.9 Å². The highest BCUT2D eigenvalue weighted by Gasteiger charge is 2.67. The lowest BCUT2D eigenvalue weighted by Gasteiger charge is -2.49. The average Bonchev–Trinajstić information content (AvgIpc) is 3.41. The summed E-state index contributed by atoms with van der Waals surface area (Å²) in [4.78, 5) is 58.9. The SMILES string of the molecule is COc1ccc(C2C3=CCC4C(=O)N(CCc5ccc(O)cc5)C(=O)C4C3CC3C(=O)N(c4ccc(F)c(Cl)c4)C(=O)C32C)c(O)c1. The summed E-state index contributed by atoms with van der Waals surface area (Å²) < 4.78 is 19.4. The second kappa shape index (κ2) is 11.2. The summed E-state index contributed by atoms with van der Waals surface area (Å²) in [6.45, 7) is 1.87. The topological polar surface area (TPSA) is 124 Å². The van der Waals surface area contributed by atoms with Gasteiger partial charge in [0.1, 0.15) is 23.1 Å². The van der Waals surface area contributed by atoms with Crippen molar-refractivity contribution < 1.29 is 38.5 Å². The van der Waals surface area contributed by atoms with Gasteiger partial charge in [0.05, 0.1) is 41.0 Å². The van der Waals surface area contributed by atoms with Gasteiger partial charge in [-0.05, 0) is 74.1 Å². The molecule has 0 spiro atoms. The summed E-state index contributed by atoms with van der Waals surface area (Å²) in [6, 6.07) is 15.0.